The summed E-state index contributed by atoms with van der Waals surface area (Å²) in [6.07, 6.45) is 0. The molecule has 0 bridgehead atoms. The van der Waals surface area contributed by atoms with Crippen LogP contribution >= 0.6 is 0 Å². The van der Waals surface area contributed by atoms with Gasteiger partial charge in [-0.1, -0.05) is 18.2 Å². The topological polar surface area (TPSA) is 53.3 Å². The number of nitrogens with zero attached hydrogens (tertiary/aromatic N) is 2. The number of hydrogen-bond acceptors (Lipinski definition) is 3. The molecule has 0 atom stereocenters. The van der Waals surface area contributed by atoms with Gasteiger partial charge in [-0.15, -0.1) is 0 Å². The van der Waals surface area contributed by atoms with Gasteiger partial charge in [-0.2, -0.15) is 5.26 Å². The van der Waals surface area contributed by atoms with Gasteiger partial charge in [0.25, 0.3) is 5.91 Å². The molecule has 0 spiro atoms. The first-order chi connectivity index (χ1) is 11.0. The Morgan fingerprint density at radius 3 is 2.48 bits per heavy atom. The summed E-state index contributed by atoms with van der Waals surface area (Å²) < 4.78 is 5.19. The third kappa shape index (κ3) is 4.10. The zero-order chi connectivity index (χ0) is 16.8. The molecule has 0 N–H and O–H groups in total. The van der Waals surface area contributed by atoms with Crippen LogP contribution in [0.5, 0.6) is 5.75 Å². The van der Waals surface area contributed by atoms with Crippen LogP contribution in [0.2, 0.25) is 0 Å². The smallest absolute Gasteiger partial charge is 0.254 e. The first-order valence-corrected chi connectivity index (χ1v) is 7.49. The third-order valence-electron chi connectivity index (χ3n) is 3.64. The van der Waals surface area contributed by atoms with Crippen molar-refractivity contribution in [2.45, 2.75) is 26.4 Å². The average molecular weight is 308 g/mol. The summed E-state index contributed by atoms with van der Waals surface area (Å²) >= 11 is 0. The highest BCUT2D eigenvalue weighted by Crippen LogP contribution is 2.18. The molecular formula is C19H20N2O2. The standard InChI is InChI=1S/C19H20N2O2/c1-14(2)21(13-16-9-7-15(12-20)8-10-16)19(22)17-5-4-6-18(11-17)23-3/h4-11,14H,13H2,1-3H3. The lowest BCUT2D eigenvalue weighted by molar-refractivity contribution is 0.0690. The van der Waals surface area contributed by atoms with Gasteiger partial charge in [-0.3, -0.25) is 4.79 Å². The Labute approximate surface area is 136 Å². The van der Waals surface area contributed by atoms with E-state index in [1.807, 2.05) is 38.1 Å². The lowest BCUT2D eigenvalue weighted by Gasteiger charge is -2.27. The highest BCUT2D eigenvalue weighted by Gasteiger charge is 2.19. The highest BCUT2D eigenvalue weighted by molar-refractivity contribution is 5.94. The van der Waals surface area contributed by atoms with E-state index in [2.05, 4.69) is 6.07 Å². The van der Waals surface area contributed by atoms with Crippen molar-refractivity contribution in [2.24, 2.45) is 0 Å². The summed E-state index contributed by atoms with van der Waals surface area (Å²) in [5.74, 6) is 0.626. The van der Waals surface area contributed by atoms with Crippen LogP contribution in [0, 0.1) is 11.3 Å². The van der Waals surface area contributed by atoms with Gasteiger partial charge in [-0.25, -0.2) is 0 Å². The largest absolute Gasteiger partial charge is 0.497 e. The summed E-state index contributed by atoms with van der Waals surface area (Å²) in [6.45, 7) is 4.48. The van der Waals surface area contributed by atoms with Crippen molar-refractivity contribution in [3.63, 3.8) is 0 Å². The maximum Gasteiger partial charge on any atom is 0.254 e. The zero-order valence-corrected chi connectivity index (χ0v) is 13.6. The first kappa shape index (κ1) is 16.6. The van der Waals surface area contributed by atoms with E-state index in [4.69, 9.17) is 10.00 Å². The third-order valence-corrected chi connectivity index (χ3v) is 3.64. The quantitative estimate of drug-likeness (QED) is 0.847. The summed E-state index contributed by atoms with van der Waals surface area (Å²) in [7, 11) is 1.58. The number of amides is 1. The predicted molar refractivity (Wildman–Crippen MR) is 89.2 cm³/mol. The lowest BCUT2D eigenvalue weighted by Crippen LogP contribution is -2.36. The van der Waals surface area contributed by atoms with Crippen molar-refractivity contribution < 1.29 is 9.53 Å². The number of hydrogen-bond donors (Lipinski definition) is 0. The molecule has 0 aliphatic rings. The van der Waals surface area contributed by atoms with Gasteiger partial charge < -0.3 is 9.64 Å². The Kier molecular flexibility index (Phi) is 5.37. The molecule has 2 aromatic rings. The van der Waals surface area contributed by atoms with Crippen molar-refractivity contribution in [3.05, 3.63) is 65.2 Å². The van der Waals surface area contributed by atoms with Crippen molar-refractivity contribution in [3.8, 4) is 11.8 Å². The average Bonchev–Trinajstić information content (AvgIpc) is 2.59. The summed E-state index contributed by atoms with van der Waals surface area (Å²) in [4.78, 5) is 14.6. The number of carbonyl (C=O) groups is 1. The molecule has 0 saturated carbocycles. The van der Waals surface area contributed by atoms with Gasteiger partial charge in [0.1, 0.15) is 5.75 Å². The molecule has 23 heavy (non-hydrogen) atoms. The molecule has 1 amide bonds. The Morgan fingerprint density at radius 2 is 1.91 bits per heavy atom. The molecule has 0 aliphatic carbocycles. The molecule has 0 unspecified atom stereocenters. The minimum absolute atomic E-state index is 0.0386. The van der Waals surface area contributed by atoms with E-state index >= 15 is 0 Å². The summed E-state index contributed by atoms with van der Waals surface area (Å²) in [5, 5.41) is 8.86. The van der Waals surface area contributed by atoms with Gasteiger partial charge in [0, 0.05) is 18.2 Å². The number of rotatable bonds is 5. The molecular weight excluding hydrogens is 288 g/mol. The molecule has 2 rings (SSSR count). The van der Waals surface area contributed by atoms with E-state index in [-0.39, 0.29) is 11.9 Å². The van der Waals surface area contributed by atoms with E-state index < -0.39 is 0 Å². The Hall–Kier alpha value is -2.80. The van der Waals surface area contributed by atoms with Gasteiger partial charge in [0.15, 0.2) is 0 Å². The molecule has 0 radical (unpaired) electrons. The number of ether oxygens (including phenoxy) is 1. The zero-order valence-electron chi connectivity index (χ0n) is 13.6. The second-order valence-electron chi connectivity index (χ2n) is 5.57. The number of methoxy groups -OCH3 is 1. The van der Waals surface area contributed by atoms with Gasteiger partial charge >= 0.3 is 0 Å². The maximum absolute atomic E-state index is 12.8. The fourth-order valence-corrected chi connectivity index (χ4v) is 2.29. The second-order valence-corrected chi connectivity index (χ2v) is 5.57. The lowest BCUT2D eigenvalue weighted by atomic mass is 10.1. The molecule has 0 aromatic heterocycles. The summed E-state index contributed by atoms with van der Waals surface area (Å²) in [5.41, 5.74) is 2.21. The molecule has 4 nitrogen and oxygen atoms in total. The van der Waals surface area contributed by atoms with Gasteiger partial charge in [-0.05, 0) is 49.7 Å². The minimum Gasteiger partial charge on any atom is -0.497 e. The highest BCUT2D eigenvalue weighted by atomic mass is 16.5. The fraction of sp³-hybridized carbons (Fsp3) is 0.263. The van der Waals surface area contributed by atoms with E-state index in [1.54, 1.807) is 36.3 Å². The van der Waals surface area contributed by atoms with Crippen LogP contribution in [0.1, 0.15) is 35.3 Å². The van der Waals surface area contributed by atoms with Crippen molar-refractivity contribution in [1.29, 1.82) is 5.26 Å². The number of nitriles is 1. The Balaban J connectivity index is 2.23. The molecule has 2 aromatic carbocycles. The molecule has 0 fully saturated rings. The fourth-order valence-electron chi connectivity index (χ4n) is 2.29. The first-order valence-electron chi connectivity index (χ1n) is 7.49. The summed E-state index contributed by atoms with van der Waals surface area (Å²) in [6, 6.07) is 16.6. The van der Waals surface area contributed by atoms with E-state index in [0.29, 0.717) is 23.4 Å². The SMILES string of the molecule is COc1cccc(C(=O)N(Cc2ccc(C#N)cc2)C(C)C)c1. The van der Waals surface area contributed by atoms with Crippen LogP contribution in [-0.4, -0.2) is 24.0 Å². The van der Waals surface area contributed by atoms with Gasteiger partial charge in [0.05, 0.1) is 18.7 Å². The maximum atomic E-state index is 12.8. The molecule has 118 valence electrons. The number of carbonyl (C=O) groups excluding carboxylic acids is 1. The molecule has 0 saturated heterocycles. The molecule has 0 heterocycles. The van der Waals surface area contributed by atoms with E-state index in [1.165, 1.54) is 0 Å². The van der Waals surface area contributed by atoms with E-state index in [0.717, 1.165) is 5.56 Å². The van der Waals surface area contributed by atoms with E-state index in [9.17, 15) is 4.79 Å². The van der Waals surface area contributed by atoms with Crippen molar-refractivity contribution in [1.82, 2.24) is 4.90 Å². The second kappa shape index (κ2) is 7.46. The monoisotopic (exact) mass is 308 g/mol. The normalized spacial score (nSPS) is 10.2. The van der Waals surface area contributed by atoms with Crippen molar-refractivity contribution in [2.75, 3.05) is 7.11 Å². The number of benzene rings is 2. The van der Waals surface area contributed by atoms with Crippen LogP contribution < -0.4 is 4.74 Å². The van der Waals surface area contributed by atoms with Crippen LogP contribution in [0.25, 0.3) is 0 Å². The van der Waals surface area contributed by atoms with Crippen molar-refractivity contribution >= 4 is 5.91 Å². The van der Waals surface area contributed by atoms with Crippen LogP contribution in [0.3, 0.4) is 0 Å². The molecule has 0 aliphatic heterocycles. The minimum atomic E-state index is -0.0386. The van der Waals surface area contributed by atoms with Gasteiger partial charge in [0.2, 0.25) is 0 Å². The predicted octanol–water partition coefficient (Wildman–Crippen LogP) is 3.62. The Morgan fingerprint density at radius 1 is 1.22 bits per heavy atom. The van der Waals surface area contributed by atoms with Crippen LogP contribution in [0.4, 0.5) is 0 Å². The van der Waals surface area contributed by atoms with Crippen LogP contribution in [-0.2, 0) is 6.54 Å². The Bertz CT molecular complexity index is 715. The molecule has 4 heteroatoms. The van der Waals surface area contributed by atoms with Crippen LogP contribution in [0.15, 0.2) is 48.5 Å².